The van der Waals surface area contributed by atoms with Crippen molar-refractivity contribution >= 4 is 17.2 Å². The fourth-order valence-corrected chi connectivity index (χ4v) is 3.56. The van der Waals surface area contributed by atoms with Crippen LogP contribution in [-0.4, -0.2) is 27.4 Å². The molecule has 0 saturated carbocycles. The number of amides is 1. The molecular formula is C23H20N4OS. The number of nitrogens with zero attached hydrogens (tertiary/aromatic N) is 3. The molecule has 1 N–H and O–H groups in total. The molecule has 144 valence electrons. The van der Waals surface area contributed by atoms with E-state index in [0.717, 1.165) is 33.8 Å². The fourth-order valence-electron chi connectivity index (χ4n) is 2.94. The van der Waals surface area contributed by atoms with E-state index in [-0.39, 0.29) is 5.91 Å². The molecule has 0 saturated heterocycles. The van der Waals surface area contributed by atoms with Crippen LogP contribution in [0.3, 0.4) is 0 Å². The third-order valence-corrected chi connectivity index (χ3v) is 5.29. The Morgan fingerprint density at radius 2 is 1.69 bits per heavy atom. The summed E-state index contributed by atoms with van der Waals surface area (Å²) in [4.78, 5) is 25.4. The van der Waals surface area contributed by atoms with Gasteiger partial charge < -0.3 is 5.32 Å². The standard InChI is InChI=1S/C23H20N4OS/c1-16-27-21(15-29-16)18-9-7-17(8-10-18)11-12-24-23(28)20-13-25-22(26-14-20)19-5-3-2-4-6-19/h2-10,13-15H,11-12H2,1H3,(H,24,28). The molecule has 0 spiro atoms. The van der Waals surface area contributed by atoms with Crippen molar-refractivity contribution in [2.45, 2.75) is 13.3 Å². The smallest absolute Gasteiger partial charge is 0.254 e. The van der Waals surface area contributed by atoms with Crippen molar-refractivity contribution in [3.63, 3.8) is 0 Å². The minimum atomic E-state index is -0.167. The van der Waals surface area contributed by atoms with Gasteiger partial charge in [-0.3, -0.25) is 4.79 Å². The van der Waals surface area contributed by atoms with E-state index in [1.165, 1.54) is 0 Å². The molecule has 0 aliphatic rings. The highest BCUT2D eigenvalue weighted by Gasteiger charge is 2.08. The Labute approximate surface area is 173 Å². The van der Waals surface area contributed by atoms with Gasteiger partial charge in [0.1, 0.15) is 0 Å². The first-order chi connectivity index (χ1) is 14.2. The zero-order chi connectivity index (χ0) is 20.1. The molecule has 0 fully saturated rings. The van der Waals surface area contributed by atoms with E-state index in [2.05, 4.69) is 49.9 Å². The summed E-state index contributed by atoms with van der Waals surface area (Å²) in [6.45, 7) is 2.56. The molecule has 0 atom stereocenters. The van der Waals surface area contributed by atoms with E-state index < -0.39 is 0 Å². The maximum atomic E-state index is 12.3. The quantitative estimate of drug-likeness (QED) is 0.516. The number of carbonyl (C=O) groups excluding carboxylic acids is 1. The van der Waals surface area contributed by atoms with Gasteiger partial charge in [0.05, 0.1) is 16.3 Å². The van der Waals surface area contributed by atoms with Crippen molar-refractivity contribution in [1.82, 2.24) is 20.3 Å². The highest BCUT2D eigenvalue weighted by molar-refractivity contribution is 7.09. The first-order valence-corrected chi connectivity index (χ1v) is 10.2. The topological polar surface area (TPSA) is 67.8 Å². The molecule has 6 heteroatoms. The van der Waals surface area contributed by atoms with Crippen LogP contribution in [0, 0.1) is 6.92 Å². The lowest BCUT2D eigenvalue weighted by Crippen LogP contribution is -2.26. The van der Waals surface area contributed by atoms with Crippen LogP contribution >= 0.6 is 11.3 Å². The molecule has 5 nitrogen and oxygen atoms in total. The highest BCUT2D eigenvalue weighted by atomic mass is 32.1. The van der Waals surface area contributed by atoms with Crippen LogP contribution in [0.2, 0.25) is 0 Å². The summed E-state index contributed by atoms with van der Waals surface area (Å²) in [6.07, 6.45) is 3.88. The van der Waals surface area contributed by atoms with Gasteiger partial charge in [0.25, 0.3) is 5.91 Å². The van der Waals surface area contributed by atoms with E-state index >= 15 is 0 Å². The van der Waals surface area contributed by atoms with Gasteiger partial charge in [-0.1, -0.05) is 54.6 Å². The Kier molecular flexibility index (Phi) is 5.72. The van der Waals surface area contributed by atoms with Crippen LogP contribution in [0.15, 0.2) is 72.4 Å². The number of aryl methyl sites for hydroxylation is 1. The highest BCUT2D eigenvalue weighted by Crippen LogP contribution is 2.21. The summed E-state index contributed by atoms with van der Waals surface area (Å²) in [5.74, 6) is 0.441. The number of aromatic nitrogens is 3. The minimum Gasteiger partial charge on any atom is -0.352 e. The first kappa shape index (κ1) is 19.0. The summed E-state index contributed by atoms with van der Waals surface area (Å²) in [7, 11) is 0. The maximum Gasteiger partial charge on any atom is 0.254 e. The van der Waals surface area contributed by atoms with Gasteiger partial charge in [0.2, 0.25) is 0 Å². The second kappa shape index (κ2) is 8.75. The number of hydrogen-bond acceptors (Lipinski definition) is 5. The molecular weight excluding hydrogens is 380 g/mol. The van der Waals surface area contributed by atoms with Crippen LogP contribution < -0.4 is 5.32 Å². The lowest BCUT2D eigenvalue weighted by molar-refractivity contribution is 0.0953. The molecule has 0 radical (unpaired) electrons. The lowest BCUT2D eigenvalue weighted by Gasteiger charge is -2.06. The Morgan fingerprint density at radius 1 is 0.966 bits per heavy atom. The van der Waals surface area contributed by atoms with Crippen LogP contribution in [0.25, 0.3) is 22.6 Å². The van der Waals surface area contributed by atoms with Gasteiger partial charge in [0.15, 0.2) is 5.82 Å². The van der Waals surface area contributed by atoms with E-state index in [1.807, 2.05) is 37.3 Å². The van der Waals surface area contributed by atoms with Crippen LogP contribution in [0.4, 0.5) is 0 Å². The minimum absolute atomic E-state index is 0.167. The molecule has 0 unspecified atom stereocenters. The van der Waals surface area contributed by atoms with Gasteiger partial charge in [-0.15, -0.1) is 11.3 Å². The van der Waals surface area contributed by atoms with Crippen molar-refractivity contribution in [1.29, 1.82) is 0 Å². The largest absolute Gasteiger partial charge is 0.352 e. The molecule has 2 aromatic carbocycles. The van der Waals surface area contributed by atoms with E-state index in [4.69, 9.17) is 0 Å². The number of hydrogen-bond donors (Lipinski definition) is 1. The monoisotopic (exact) mass is 400 g/mol. The van der Waals surface area contributed by atoms with Crippen molar-refractivity contribution < 1.29 is 4.79 Å². The molecule has 0 aliphatic heterocycles. The first-order valence-electron chi connectivity index (χ1n) is 9.36. The third kappa shape index (κ3) is 4.73. The average molecular weight is 401 g/mol. The Bertz CT molecular complexity index is 1090. The zero-order valence-corrected chi connectivity index (χ0v) is 16.8. The molecule has 2 aromatic heterocycles. The van der Waals surface area contributed by atoms with Gasteiger partial charge in [-0.05, 0) is 18.9 Å². The molecule has 0 bridgehead atoms. The number of nitrogens with one attached hydrogen (secondary N) is 1. The molecule has 4 rings (SSSR count). The molecule has 29 heavy (non-hydrogen) atoms. The summed E-state index contributed by atoms with van der Waals surface area (Å²) >= 11 is 1.65. The second-order valence-corrected chi connectivity index (χ2v) is 7.68. The molecule has 2 heterocycles. The van der Waals surface area contributed by atoms with Gasteiger partial charge in [-0.25, -0.2) is 15.0 Å². The maximum absolute atomic E-state index is 12.3. The van der Waals surface area contributed by atoms with Gasteiger partial charge >= 0.3 is 0 Å². The fraction of sp³-hybridized carbons (Fsp3) is 0.130. The van der Waals surface area contributed by atoms with Crippen LogP contribution in [0.1, 0.15) is 20.9 Å². The summed E-state index contributed by atoms with van der Waals surface area (Å²) in [5, 5.41) is 6.05. The SMILES string of the molecule is Cc1nc(-c2ccc(CCNC(=O)c3cnc(-c4ccccc4)nc3)cc2)cs1. The molecule has 0 aliphatic carbocycles. The predicted molar refractivity (Wildman–Crippen MR) is 116 cm³/mol. The zero-order valence-electron chi connectivity index (χ0n) is 16.0. The average Bonchev–Trinajstić information content (AvgIpc) is 3.21. The summed E-state index contributed by atoms with van der Waals surface area (Å²) < 4.78 is 0. The Hall–Kier alpha value is -3.38. The third-order valence-electron chi connectivity index (χ3n) is 4.51. The number of benzene rings is 2. The number of rotatable bonds is 6. The van der Waals surface area contributed by atoms with Gasteiger partial charge in [0, 0.05) is 35.4 Å². The van der Waals surface area contributed by atoms with Crippen molar-refractivity contribution in [2.24, 2.45) is 0 Å². The number of thiazole rings is 1. The van der Waals surface area contributed by atoms with Crippen molar-refractivity contribution in [2.75, 3.05) is 6.54 Å². The van der Waals surface area contributed by atoms with E-state index in [9.17, 15) is 4.79 Å². The molecule has 4 aromatic rings. The van der Waals surface area contributed by atoms with Crippen LogP contribution in [-0.2, 0) is 6.42 Å². The molecule has 1 amide bonds. The van der Waals surface area contributed by atoms with Crippen molar-refractivity contribution in [3.05, 3.63) is 88.5 Å². The van der Waals surface area contributed by atoms with E-state index in [1.54, 1.807) is 23.7 Å². The normalized spacial score (nSPS) is 10.7. The second-order valence-electron chi connectivity index (χ2n) is 6.62. The summed E-state index contributed by atoms with van der Waals surface area (Å²) in [5.41, 5.74) is 4.66. The van der Waals surface area contributed by atoms with Crippen molar-refractivity contribution in [3.8, 4) is 22.6 Å². The summed E-state index contributed by atoms with van der Waals surface area (Å²) in [6, 6.07) is 18.0. The van der Waals surface area contributed by atoms with Gasteiger partial charge in [-0.2, -0.15) is 0 Å². The van der Waals surface area contributed by atoms with Crippen LogP contribution in [0.5, 0.6) is 0 Å². The Morgan fingerprint density at radius 3 is 2.34 bits per heavy atom. The predicted octanol–water partition coefficient (Wildman–Crippen LogP) is 4.55. The lowest BCUT2D eigenvalue weighted by atomic mass is 10.1. The van der Waals surface area contributed by atoms with E-state index in [0.29, 0.717) is 17.9 Å². The number of carbonyl (C=O) groups is 1. The Balaban J connectivity index is 1.30.